The van der Waals surface area contributed by atoms with Crippen LogP contribution in [-0.4, -0.2) is 12.6 Å². The lowest BCUT2D eigenvalue weighted by Crippen LogP contribution is -2.41. The molecule has 1 aromatic carbocycles. The summed E-state index contributed by atoms with van der Waals surface area (Å²) in [5, 5.41) is 3.84. The first-order valence-electron chi connectivity index (χ1n) is 8.80. The molecule has 0 aliphatic heterocycles. The van der Waals surface area contributed by atoms with E-state index in [-0.39, 0.29) is 0 Å². The molecule has 1 unspecified atom stereocenters. The summed E-state index contributed by atoms with van der Waals surface area (Å²) in [5.41, 5.74) is 3.53. The second-order valence-corrected chi connectivity index (χ2v) is 7.69. The fourth-order valence-electron chi connectivity index (χ4n) is 3.64. The molecule has 1 heteroatoms. The maximum Gasteiger partial charge on any atom is 0.0136 e. The maximum absolute atomic E-state index is 3.84. The third kappa shape index (κ3) is 4.85. The molecular formula is C20H33N. The zero-order chi connectivity index (χ0) is 15.3. The van der Waals surface area contributed by atoms with E-state index in [0.29, 0.717) is 11.5 Å². The van der Waals surface area contributed by atoms with Crippen LogP contribution >= 0.6 is 0 Å². The topological polar surface area (TPSA) is 12.0 Å². The van der Waals surface area contributed by atoms with Gasteiger partial charge in [-0.1, -0.05) is 45.0 Å². The molecule has 1 atom stereocenters. The molecule has 0 saturated heterocycles. The Hall–Kier alpha value is -0.820. The molecule has 0 amide bonds. The van der Waals surface area contributed by atoms with E-state index >= 15 is 0 Å². The van der Waals surface area contributed by atoms with E-state index in [4.69, 9.17) is 0 Å². The average Bonchev–Trinajstić information content (AvgIpc) is 2.46. The molecule has 118 valence electrons. The van der Waals surface area contributed by atoms with Gasteiger partial charge in [0.2, 0.25) is 0 Å². The molecule has 0 bridgehead atoms. The van der Waals surface area contributed by atoms with Crippen molar-refractivity contribution in [1.82, 2.24) is 5.32 Å². The highest BCUT2D eigenvalue weighted by molar-refractivity contribution is 5.26. The number of hydrogen-bond donors (Lipinski definition) is 1. The van der Waals surface area contributed by atoms with Gasteiger partial charge in [-0.2, -0.15) is 0 Å². The SMILES string of the molecule is CCCNC(Cc1ccccc1C)C1CCC(C)(C)CC1. The van der Waals surface area contributed by atoms with Crippen LogP contribution in [0.15, 0.2) is 24.3 Å². The van der Waals surface area contributed by atoms with Crippen molar-refractivity contribution in [2.24, 2.45) is 11.3 Å². The molecule has 21 heavy (non-hydrogen) atoms. The molecule has 0 heterocycles. The van der Waals surface area contributed by atoms with Gasteiger partial charge in [0.1, 0.15) is 0 Å². The summed E-state index contributed by atoms with van der Waals surface area (Å²) in [6.45, 7) is 10.5. The smallest absolute Gasteiger partial charge is 0.0136 e. The number of nitrogens with one attached hydrogen (secondary N) is 1. The van der Waals surface area contributed by atoms with E-state index in [9.17, 15) is 0 Å². The van der Waals surface area contributed by atoms with Crippen molar-refractivity contribution in [2.75, 3.05) is 6.54 Å². The van der Waals surface area contributed by atoms with E-state index in [2.05, 4.69) is 57.3 Å². The highest BCUT2D eigenvalue weighted by atomic mass is 14.9. The molecule has 1 saturated carbocycles. The highest BCUT2D eigenvalue weighted by Crippen LogP contribution is 2.39. The summed E-state index contributed by atoms with van der Waals surface area (Å²) < 4.78 is 0. The predicted octanol–water partition coefficient (Wildman–Crippen LogP) is 5.12. The van der Waals surface area contributed by atoms with Crippen molar-refractivity contribution in [1.29, 1.82) is 0 Å². The molecule has 1 aliphatic carbocycles. The highest BCUT2D eigenvalue weighted by Gasteiger charge is 2.31. The molecule has 2 rings (SSSR count). The Morgan fingerprint density at radius 3 is 2.48 bits per heavy atom. The molecule has 0 spiro atoms. The summed E-state index contributed by atoms with van der Waals surface area (Å²) in [6.07, 6.45) is 7.96. The molecule has 0 aromatic heterocycles. The summed E-state index contributed by atoms with van der Waals surface area (Å²) in [4.78, 5) is 0. The summed E-state index contributed by atoms with van der Waals surface area (Å²) in [5.74, 6) is 0.851. The van der Waals surface area contributed by atoms with Crippen LogP contribution in [0.1, 0.15) is 64.0 Å². The molecule has 0 radical (unpaired) electrons. The van der Waals surface area contributed by atoms with E-state index < -0.39 is 0 Å². The third-order valence-corrected chi connectivity index (χ3v) is 5.31. The minimum atomic E-state index is 0.564. The lowest BCUT2D eigenvalue weighted by atomic mass is 9.70. The predicted molar refractivity (Wildman–Crippen MR) is 92.7 cm³/mol. The number of hydrogen-bond acceptors (Lipinski definition) is 1. The first-order valence-corrected chi connectivity index (χ1v) is 8.80. The Bertz CT molecular complexity index is 425. The van der Waals surface area contributed by atoms with Crippen molar-refractivity contribution >= 4 is 0 Å². The van der Waals surface area contributed by atoms with Gasteiger partial charge in [0, 0.05) is 6.04 Å². The van der Waals surface area contributed by atoms with Gasteiger partial charge in [-0.05, 0) is 74.5 Å². The Kier molecular flexibility index (Phi) is 5.87. The van der Waals surface area contributed by atoms with Crippen molar-refractivity contribution in [3.05, 3.63) is 35.4 Å². The van der Waals surface area contributed by atoms with Crippen molar-refractivity contribution in [2.45, 2.75) is 72.3 Å². The van der Waals surface area contributed by atoms with Gasteiger partial charge in [0.25, 0.3) is 0 Å². The molecular weight excluding hydrogens is 254 g/mol. The van der Waals surface area contributed by atoms with E-state index in [1.807, 2.05) is 0 Å². The van der Waals surface area contributed by atoms with Crippen molar-refractivity contribution in [3.63, 3.8) is 0 Å². The van der Waals surface area contributed by atoms with Crippen LogP contribution in [0.25, 0.3) is 0 Å². The van der Waals surface area contributed by atoms with E-state index in [1.165, 1.54) is 49.7 Å². The number of benzene rings is 1. The van der Waals surface area contributed by atoms with Gasteiger partial charge < -0.3 is 5.32 Å². The number of rotatable bonds is 6. The third-order valence-electron chi connectivity index (χ3n) is 5.31. The maximum atomic E-state index is 3.84. The summed E-state index contributed by atoms with van der Waals surface area (Å²) in [7, 11) is 0. The minimum Gasteiger partial charge on any atom is -0.313 e. The van der Waals surface area contributed by atoms with Crippen LogP contribution in [0.5, 0.6) is 0 Å². The van der Waals surface area contributed by atoms with Gasteiger partial charge in [-0.3, -0.25) is 0 Å². The second kappa shape index (κ2) is 7.45. The fourth-order valence-corrected chi connectivity index (χ4v) is 3.64. The van der Waals surface area contributed by atoms with Crippen molar-refractivity contribution < 1.29 is 0 Å². The minimum absolute atomic E-state index is 0.564. The van der Waals surface area contributed by atoms with Gasteiger partial charge in [-0.25, -0.2) is 0 Å². The Morgan fingerprint density at radius 2 is 1.86 bits per heavy atom. The van der Waals surface area contributed by atoms with Gasteiger partial charge >= 0.3 is 0 Å². The van der Waals surface area contributed by atoms with Crippen LogP contribution < -0.4 is 5.32 Å². The molecule has 1 N–H and O–H groups in total. The van der Waals surface area contributed by atoms with Crippen molar-refractivity contribution in [3.8, 4) is 0 Å². The summed E-state index contributed by atoms with van der Waals surface area (Å²) >= 11 is 0. The summed E-state index contributed by atoms with van der Waals surface area (Å²) in [6, 6.07) is 9.54. The Balaban J connectivity index is 2.03. The van der Waals surface area contributed by atoms with Crippen LogP contribution in [0.3, 0.4) is 0 Å². The zero-order valence-corrected chi connectivity index (χ0v) is 14.4. The lowest BCUT2D eigenvalue weighted by molar-refractivity contribution is 0.160. The van der Waals surface area contributed by atoms with E-state index in [1.54, 1.807) is 0 Å². The lowest BCUT2D eigenvalue weighted by Gasteiger charge is -2.38. The van der Waals surface area contributed by atoms with Gasteiger partial charge in [0.05, 0.1) is 0 Å². The molecule has 1 aliphatic rings. The quantitative estimate of drug-likeness (QED) is 0.765. The largest absolute Gasteiger partial charge is 0.313 e. The molecule has 1 fully saturated rings. The first kappa shape index (κ1) is 16.5. The number of aryl methyl sites for hydroxylation is 1. The molecule has 1 nitrogen and oxygen atoms in total. The Labute approximate surface area is 131 Å². The normalized spacial score (nSPS) is 20.4. The monoisotopic (exact) mass is 287 g/mol. The van der Waals surface area contributed by atoms with E-state index in [0.717, 1.165) is 12.5 Å². The van der Waals surface area contributed by atoms with Crippen LogP contribution in [0, 0.1) is 18.3 Å². The van der Waals surface area contributed by atoms with Crippen LogP contribution in [0.2, 0.25) is 0 Å². The first-order chi connectivity index (χ1) is 10.0. The van der Waals surface area contributed by atoms with Gasteiger partial charge in [0.15, 0.2) is 0 Å². The Morgan fingerprint density at radius 1 is 1.19 bits per heavy atom. The van der Waals surface area contributed by atoms with Crippen LogP contribution in [-0.2, 0) is 6.42 Å². The standard InChI is InChI=1S/C20H33N/c1-5-14-21-19(15-18-9-7-6-8-16(18)2)17-10-12-20(3,4)13-11-17/h6-9,17,19,21H,5,10-15H2,1-4H3. The average molecular weight is 287 g/mol. The van der Waals surface area contributed by atoms with Gasteiger partial charge in [-0.15, -0.1) is 0 Å². The second-order valence-electron chi connectivity index (χ2n) is 7.69. The zero-order valence-electron chi connectivity index (χ0n) is 14.4. The van der Waals surface area contributed by atoms with Crippen LogP contribution in [0.4, 0.5) is 0 Å². The molecule has 1 aromatic rings. The fraction of sp³-hybridized carbons (Fsp3) is 0.700.